The fourth-order valence-corrected chi connectivity index (χ4v) is 4.57. The van der Waals surface area contributed by atoms with Gasteiger partial charge in [-0.15, -0.1) is 0 Å². The molecule has 8 heteroatoms. The zero-order chi connectivity index (χ0) is 20.2. The number of nitrogens with zero attached hydrogens (tertiary/aromatic N) is 1. The number of hydrogen-bond acceptors (Lipinski definition) is 3. The topological polar surface area (TPSA) is 66.5 Å². The first-order valence-corrected chi connectivity index (χ1v) is 10.8. The van der Waals surface area contributed by atoms with Crippen molar-refractivity contribution in [3.8, 4) is 0 Å². The molecule has 27 heavy (non-hydrogen) atoms. The van der Waals surface area contributed by atoms with E-state index in [4.69, 9.17) is 23.2 Å². The highest BCUT2D eigenvalue weighted by Gasteiger charge is 2.24. The van der Waals surface area contributed by atoms with Gasteiger partial charge in [0, 0.05) is 18.1 Å². The van der Waals surface area contributed by atoms with E-state index in [0.29, 0.717) is 18.1 Å². The summed E-state index contributed by atoms with van der Waals surface area (Å²) in [7, 11) is -3.68. The molecule has 2 rings (SSSR count). The summed E-state index contributed by atoms with van der Waals surface area (Å²) in [6, 6.07) is 11.0. The Morgan fingerprint density at radius 1 is 1.11 bits per heavy atom. The Balaban J connectivity index is 2.31. The van der Waals surface area contributed by atoms with Crippen LogP contribution in [-0.2, 0) is 10.0 Å². The monoisotopic (exact) mass is 428 g/mol. The molecular formula is C19H22Cl2N2O3S. The number of hydrogen-bond donors (Lipinski definition) is 1. The van der Waals surface area contributed by atoms with E-state index in [9.17, 15) is 13.2 Å². The Morgan fingerprint density at radius 3 is 2.37 bits per heavy atom. The summed E-state index contributed by atoms with van der Waals surface area (Å²) >= 11 is 12.1. The van der Waals surface area contributed by atoms with Crippen molar-refractivity contribution in [3.63, 3.8) is 0 Å². The van der Waals surface area contributed by atoms with Gasteiger partial charge in [0.2, 0.25) is 10.0 Å². The minimum absolute atomic E-state index is 0.0381. The predicted molar refractivity (Wildman–Crippen MR) is 109 cm³/mol. The lowest BCUT2D eigenvalue weighted by Gasteiger charge is -2.19. The number of halogens is 2. The molecule has 0 radical (unpaired) electrons. The molecule has 1 unspecified atom stereocenters. The van der Waals surface area contributed by atoms with Crippen LogP contribution in [0.15, 0.2) is 47.4 Å². The van der Waals surface area contributed by atoms with Gasteiger partial charge in [-0.05, 0) is 42.8 Å². The minimum atomic E-state index is -3.68. The fourth-order valence-electron chi connectivity index (χ4n) is 2.69. The Labute approximate surface area is 170 Å². The third-order valence-electron chi connectivity index (χ3n) is 4.22. The molecule has 1 N–H and O–H groups in total. The molecule has 0 aliphatic rings. The van der Waals surface area contributed by atoms with Crippen molar-refractivity contribution in [1.29, 1.82) is 0 Å². The van der Waals surface area contributed by atoms with Crippen molar-refractivity contribution in [2.45, 2.75) is 31.7 Å². The molecule has 0 saturated heterocycles. The van der Waals surface area contributed by atoms with Gasteiger partial charge in [0.15, 0.2) is 0 Å². The van der Waals surface area contributed by atoms with E-state index >= 15 is 0 Å². The number of amides is 1. The maximum atomic E-state index is 12.7. The summed E-state index contributed by atoms with van der Waals surface area (Å²) in [6.45, 7) is 6.02. The van der Waals surface area contributed by atoms with Crippen LogP contribution < -0.4 is 5.32 Å². The number of carbonyl (C=O) groups excluding carboxylic acids is 1. The molecule has 0 aromatic heterocycles. The largest absolute Gasteiger partial charge is 0.345 e. The lowest BCUT2D eigenvalue weighted by atomic mass is 10.1. The molecular weight excluding hydrogens is 407 g/mol. The van der Waals surface area contributed by atoms with Gasteiger partial charge in [-0.1, -0.05) is 49.2 Å². The number of nitrogens with one attached hydrogen (secondary N) is 1. The van der Waals surface area contributed by atoms with Crippen LogP contribution in [0.1, 0.15) is 42.7 Å². The van der Waals surface area contributed by atoms with Crippen LogP contribution in [0, 0.1) is 0 Å². The van der Waals surface area contributed by atoms with E-state index < -0.39 is 15.9 Å². The van der Waals surface area contributed by atoms with Gasteiger partial charge in [0.25, 0.3) is 5.91 Å². The second-order valence-electron chi connectivity index (χ2n) is 5.98. The first kappa shape index (κ1) is 21.7. The zero-order valence-corrected chi connectivity index (χ0v) is 17.7. The van der Waals surface area contributed by atoms with E-state index in [-0.39, 0.29) is 21.5 Å². The second kappa shape index (κ2) is 9.06. The Bertz CT molecular complexity index is 928. The second-order valence-corrected chi connectivity index (χ2v) is 8.76. The van der Waals surface area contributed by atoms with Crippen LogP contribution >= 0.6 is 23.2 Å². The van der Waals surface area contributed by atoms with Gasteiger partial charge in [-0.3, -0.25) is 4.79 Å². The molecule has 0 aliphatic carbocycles. The summed E-state index contributed by atoms with van der Waals surface area (Å²) in [5.74, 6) is -0.455. The van der Waals surface area contributed by atoms with Crippen LogP contribution in [-0.4, -0.2) is 31.7 Å². The van der Waals surface area contributed by atoms with Crippen molar-refractivity contribution in [3.05, 3.63) is 63.6 Å². The minimum Gasteiger partial charge on any atom is -0.345 e. The molecule has 1 amide bonds. The van der Waals surface area contributed by atoms with Crippen LogP contribution in [0.3, 0.4) is 0 Å². The SMILES string of the molecule is CCN(CC)S(=O)(=O)c1ccc(Cl)c(C(=O)NC(C)c2cccc(Cl)c2)c1. The molecule has 1 atom stereocenters. The van der Waals surface area contributed by atoms with Gasteiger partial charge in [0.1, 0.15) is 0 Å². The zero-order valence-electron chi connectivity index (χ0n) is 15.4. The molecule has 146 valence electrons. The number of benzene rings is 2. The molecule has 0 heterocycles. The molecule has 0 fully saturated rings. The fraction of sp³-hybridized carbons (Fsp3) is 0.316. The van der Waals surface area contributed by atoms with Gasteiger partial charge >= 0.3 is 0 Å². The maximum Gasteiger partial charge on any atom is 0.253 e. The first-order valence-electron chi connectivity index (χ1n) is 8.56. The number of carbonyl (C=O) groups is 1. The first-order chi connectivity index (χ1) is 12.7. The van der Waals surface area contributed by atoms with Gasteiger partial charge in [0.05, 0.1) is 21.5 Å². The smallest absolute Gasteiger partial charge is 0.253 e. The molecule has 2 aromatic rings. The molecule has 0 saturated carbocycles. The molecule has 0 bridgehead atoms. The molecule has 0 spiro atoms. The third kappa shape index (κ3) is 5.02. The number of rotatable bonds is 7. The normalized spacial score (nSPS) is 12.8. The van der Waals surface area contributed by atoms with E-state index in [1.165, 1.54) is 22.5 Å². The lowest BCUT2D eigenvalue weighted by Crippen LogP contribution is -2.31. The van der Waals surface area contributed by atoms with Crippen molar-refractivity contribution in [1.82, 2.24) is 9.62 Å². The van der Waals surface area contributed by atoms with Gasteiger partial charge in [-0.25, -0.2) is 8.42 Å². The third-order valence-corrected chi connectivity index (χ3v) is 6.83. The van der Waals surface area contributed by atoms with Crippen LogP contribution in [0.25, 0.3) is 0 Å². The van der Waals surface area contributed by atoms with E-state index in [1.54, 1.807) is 32.0 Å². The summed E-state index contributed by atoms with van der Waals surface area (Å²) in [5, 5.41) is 3.58. The van der Waals surface area contributed by atoms with Crippen LogP contribution in [0.4, 0.5) is 0 Å². The summed E-state index contributed by atoms with van der Waals surface area (Å²) < 4.78 is 26.7. The Hall–Kier alpha value is -1.60. The maximum absolute atomic E-state index is 12.7. The van der Waals surface area contributed by atoms with Crippen molar-refractivity contribution in [2.24, 2.45) is 0 Å². The average Bonchev–Trinajstić information content (AvgIpc) is 2.62. The summed E-state index contributed by atoms with van der Waals surface area (Å²) in [5.41, 5.74) is 0.942. The van der Waals surface area contributed by atoms with E-state index in [2.05, 4.69) is 5.32 Å². The van der Waals surface area contributed by atoms with Crippen molar-refractivity contribution in [2.75, 3.05) is 13.1 Å². The standard InChI is InChI=1S/C19H22Cl2N2O3S/c1-4-23(5-2)27(25,26)16-9-10-18(21)17(12-16)19(24)22-13(3)14-7-6-8-15(20)11-14/h6-13H,4-5H2,1-3H3,(H,22,24). The quantitative estimate of drug-likeness (QED) is 0.704. The highest BCUT2D eigenvalue weighted by Crippen LogP contribution is 2.24. The van der Waals surface area contributed by atoms with E-state index in [1.807, 2.05) is 13.0 Å². The van der Waals surface area contributed by atoms with E-state index in [0.717, 1.165) is 5.56 Å². The molecule has 5 nitrogen and oxygen atoms in total. The Kier molecular flexibility index (Phi) is 7.28. The summed E-state index contributed by atoms with van der Waals surface area (Å²) in [4.78, 5) is 12.7. The van der Waals surface area contributed by atoms with Crippen LogP contribution in [0.5, 0.6) is 0 Å². The average molecular weight is 429 g/mol. The highest BCUT2D eigenvalue weighted by molar-refractivity contribution is 7.89. The number of sulfonamides is 1. The van der Waals surface area contributed by atoms with Crippen molar-refractivity contribution >= 4 is 39.1 Å². The predicted octanol–water partition coefficient (Wildman–Crippen LogP) is 4.51. The summed E-state index contributed by atoms with van der Waals surface area (Å²) in [6.07, 6.45) is 0. The molecule has 0 aliphatic heterocycles. The van der Waals surface area contributed by atoms with Gasteiger partial charge in [-0.2, -0.15) is 4.31 Å². The van der Waals surface area contributed by atoms with Gasteiger partial charge < -0.3 is 5.32 Å². The van der Waals surface area contributed by atoms with Crippen LogP contribution in [0.2, 0.25) is 10.0 Å². The highest BCUT2D eigenvalue weighted by atomic mass is 35.5. The van der Waals surface area contributed by atoms with Crippen molar-refractivity contribution < 1.29 is 13.2 Å². The Morgan fingerprint density at radius 2 is 1.78 bits per heavy atom. The lowest BCUT2D eigenvalue weighted by molar-refractivity contribution is 0.0940. The molecule has 2 aromatic carbocycles.